The van der Waals surface area contributed by atoms with Crippen LogP contribution in [0.3, 0.4) is 0 Å². The minimum atomic E-state index is -3.49. The van der Waals surface area contributed by atoms with E-state index in [0.29, 0.717) is 17.4 Å². The molecule has 0 aliphatic heterocycles. The molecule has 0 fully saturated rings. The van der Waals surface area contributed by atoms with Crippen LogP contribution in [-0.2, 0) is 20.2 Å². The summed E-state index contributed by atoms with van der Waals surface area (Å²) in [6.45, 7) is 1.31. The van der Waals surface area contributed by atoms with Crippen molar-refractivity contribution in [2.45, 2.75) is 17.4 Å². The first-order chi connectivity index (χ1) is 14.0. The Bertz CT molecular complexity index is 1200. The maximum absolute atomic E-state index is 14.2. The molecule has 3 aromatic rings. The molecule has 30 heavy (non-hydrogen) atoms. The molecule has 1 N–H and O–H groups in total. The molecule has 1 heterocycles. The SMILES string of the molecule is CC(Oc1ccc(F)cc1F)(C(=O)Nc1ncc(F)s1)c1ccc(S(C)(=O)=O)cc1. The molecule has 0 saturated carbocycles. The van der Waals surface area contributed by atoms with Crippen LogP contribution in [-0.4, -0.2) is 25.6 Å². The van der Waals surface area contributed by atoms with Crippen molar-refractivity contribution in [1.82, 2.24) is 4.98 Å². The van der Waals surface area contributed by atoms with Gasteiger partial charge >= 0.3 is 0 Å². The Morgan fingerprint density at radius 3 is 2.33 bits per heavy atom. The highest BCUT2D eigenvalue weighted by atomic mass is 32.2. The number of nitrogens with zero attached hydrogens (tertiary/aromatic N) is 1. The predicted octanol–water partition coefficient (Wildman–Crippen LogP) is 3.90. The normalized spacial score (nSPS) is 13.5. The van der Waals surface area contributed by atoms with Crippen molar-refractivity contribution in [3.8, 4) is 5.75 Å². The summed E-state index contributed by atoms with van der Waals surface area (Å²) in [6.07, 6.45) is 1.94. The molecule has 158 valence electrons. The Kier molecular flexibility index (Phi) is 5.86. The van der Waals surface area contributed by atoms with Gasteiger partial charge in [-0.2, -0.15) is 4.39 Å². The minimum Gasteiger partial charge on any atom is -0.470 e. The van der Waals surface area contributed by atoms with Gasteiger partial charge < -0.3 is 4.74 Å². The standard InChI is InChI=1S/C19H15F3N2O4S2/c1-19(17(25)24-18-23-10-16(22)29-18,28-15-8-5-12(20)9-14(15)21)11-3-6-13(7-4-11)30(2,26)27/h3-10H,1-2H3,(H,23,24,25). The molecule has 0 saturated heterocycles. The largest absolute Gasteiger partial charge is 0.470 e. The maximum Gasteiger partial charge on any atom is 0.274 e. The molecule has 0 spiro atoms. The van der Waals surface area contributed by atoms with Gasteiger partial charge in [-0.1, -0.05) is 23.5 Å². The topological polar surface area (TPSA) is 85.4 Å². The Hall–Kier alpha value is -2.92. The summed E-state index contributed by atoms with van der Waals surface area (Å²) in [5, 5.41) is 1.70. The van der Waals surface area contributed by atoms with Crippen LogP contribution in [0.15, 0.2) is 53.6 Å². The molecule has 0 aliphatic carbocycles. The van der Waals surface area contributed by atoms with Crippen LogP contribution in [0.5, 0.6) is 5.75 Å². The molecule has 11 heteroatoms. The molecular formula is C19H15F3N2O4S2. The van der Waals surface area contributed by atoms with Crippen LogP contribution in [0.4, 0.5) is 18.3 Å². The first-order valence-corrected chi connectivity index (χ1v) is 11.1. The summed E-state index contributed by atoms with van der Waals surface area (Å²) in [5.74, 6) is -3.11. The third-order valence-corrected chi connectivity index (χ3v) is 6.00. The summed E-state index contributed by atoms with van der Waals surface area (Å²) in [4.78, 5) is 16.7. The molecule has 1 atom stereocenters. The van der Waals surface area contributed by atoms with Gasteiger partial charge in [-0.15, -0.1) is 0 Å². The Morgan fingerprint density at radius 2 is 1.80 bits per heavy atom. The number of nitrogens with one attached hydrogen (secondary N) is 1. The van der Waals surface area contributed by atoms with Gasteiger partial charge in [0.1, 0.15) is 5.82 Å². The highest BCUT2D eigenvalue weighted by Crippen LogP contribution is 2.32. The van der Waals surface area contributed by atoms with Crippen LogP contribution in [0, 0.1) is 16.8 Å². The van der Waals surface area contributed by atoms with Crippen molar-refractivity contribution in [3.63, 3.8) is 0 Å². The summed E-state index contributed by atoms with van der Waals surface area (Å²) < 4.78 is 69.7. The van der Waals surface area contributed by atoms with E-state index in [-0.39, 0.29) is 15.6 Å². The van der Waals surface area contributed by atoms with E-state index in [1.54, 1.807) is 0 Å². The van der Waals surface area contributed by atoms with Crippen molar-refractivity contribution in [3.05, 3.63) is 71.0 Å². The summed E-state index contributed by atoms with van der Waals surface area (Å²) >= 11 is 0.576. The van der Waals surface area contributed by atoms with Gasteiger partial charge in [-0.3, -0.25) is 10.1 Å². The zero-order chi connectivity index (χ0) is 22.1. The summed E-state index contributed by atoms with van der Waals surface area (Å²) in [7, 11) is -3.49. The molecule has 1 amide bonds. The fourth-order valence-electron chi connectivity index (χ4n) is 2.56. The number of hydrogen-bond acceptors (Lipinski definition) is 6. The number of hydrogen-bond donors (Lipinski definition) is 1. The third kappa shape index (κ3) is 4.62. The fourth-order valence-corrected chi connectivity index (χ4v) is 3.73. The number of sulfone groups is 1. The number of carbonyl (C=O) groups is 1. The van der Waals surface area contributed by atoms with Crippen molar-refractivity contribution < 1.29 is 31.1 Å². The minimum absolute atomic E-state index is 0.00367. The van der Waals surface area contributed by atoms with E-state index in [4.69, 9.17) is 4.74 Å². The first-order valence-electron chi connectivity index (χ1n) is 8.36. The number of thiazole rings is 1. The van der Waals surface area contributed by atoms with E-state index in [9.17, 15) is 26.4 Å². The number of aromatic nitrogens is 1. The van der Waals surface area contributed by atoms with E-state index in [0.717, 1.165) is 24.6 Å². The molecule has 2 aromatic carbocycles. The number of anilines is 1. The Balaban J connectivity index is 2.03. The highest BCUT2D eigenvalue weighted by molar-refractivity contribution is 7.90. The lowest BCUT2D eigenvalue weighted by Gasteiger charge is -2.30. The van der Waals surface area contributed by atoms with Crippen LogP contribution >= 0.6 is 11.3 Å². The third-order valence-electron chi connectivity index (χ3n) is 4.17. The van der Waals surface area contributed by atoms with Gasteiger partial charge in [-0.05, 0) is 31.2 Å². The molecule has 0 radical (unpaired) electrons. The summed E-state index contributed by atoms with van der Waals surface area (Å²) in [5.41, 5.74) is -1.72. The second-order valence-electron chi connectivity index (χ2n) is 6.43. The molecule has 0 aliphatic rings. The lowest BCUT2D eigenvalue weighted by atomic mass is 9.94. The van der Waals surface area contributed by atoms with E-state index in [1.165, 1.54) is 31.2 Å². The Morgan fingerprint density at radius 1 is 1.13 bits per heavy atom. The highest BCUT2D eigenvalue weighted by Gasteiger charge is 2.39. The number of benzene rings is 2. The number of rotatable bonds is 6. The number of halogens is 3. The number of ether oxygens (including phenoxy) is 1. The van der Waals surface area contributed by atoms with Crippen molar-refractivity contribution in [1.29, 1.82) is 0 Å². The monoisotopic (exact) mass is 456 g/mol. The molecule has 3 rings (SSSR count). The number of carbonyl (C=O) groups excluding carboxylic acids is 1. The van der Waals surface area contributed by atoms with Crippen LogP contribution < -0.4 is 10.1 Å². The van der Waals surface area contributed by atoms with Gasteiger partial charge in [0.15, 0.2) is 31.7 Å². The molecule has 0 bridgehead atoms. The average Bonchev–Trinajstić information content (AvgIpc) is 3.08. The lowest BCUT2D eigenvalue weighted by molar-refractivity contribution is -0.130. The van der Waals surface area contributed by atoms with Gasteiger partial charge in [0.2, 0.25) is 5.60 Å². The van der Waals surface area contributed by atoms with E-state index >= 15 is 0 Å². The molecule has 1 unspecified atom stereocenters. The van der Waals surface area contributed by atoms with Gasteiger partial charge in [-0.25, -0.2) is 22.2 Å². The van der Waals surface area contributed by atoms with E-state index < -0.39 is 43.9 Å². The van der Waals surface area contributed by atoms with Crippen molar-refractivity contribution in [2.75, 3.05) is 11.6 Å². The quantitative estimate of drug-likeness (QED) is 0.608. The molecule has 1 aromatic heterocycles. The maximum atomic E-state index is 14.2. The van der Waals surface area contributed by atoms with Gasteiger partial charge in [0, 0.05) is 17.9 Å². The number of amides is 1. The van der Waals surface area contributed by atoms with Crippen LogP contribution in [0.2, 0.25) is 0 Å². The molecule has 6 nitrogen and oxygen atoms in total. The van der Waals surface area contributed by atoms with Crippen LogP contribution in [0.1, 0.15) is 12.5 Å². The second kappa shape index (κ2) is 8.07. The summed E-state index contributed by atoms with van der Waals surface area (Å²) in [6, 6.07) is 7.77. The predicted molar refractivity (Wildman–Crippen MR) is 105 cm³/mol. The smallest absolute Gasteiger partial charge is 0.274 e. The van der Waals surface area contributed by atoms with Gasteiger partial charge in [0.25, 0.3) is 5.91 Å². The first kappa shape index (κ1) is 21.8. The molecular weight excluding hydrogens is 441 g/mol. The van der Waals surface area contributed by atoms with E-state index in [2.05, 4.69) is 10.3 Å². The Labute approximate surface area is 174 Å². The average molecular weight is 456 g/mol. The lowest BCUT2D eigenvalue weighted by Crippen LogP contribution is -2.43. The van der Waals surface area contributed by atoms with Crippen LogP contribution in [0.25, 0.3) is 0 Å². The van der Waals surface area contributed by atoms with Gasteiger partial charge in [0.05, 0.1) is 11.1 Å². The van der Waals surface area contributed by atoms with Crippen molar-refractivity contribution >= 4 is 32.2 Å². The van der Waals surface area contributed by atoms with Crippen molar-refractivity contribution in [2.24, 2.45) is 0 Å². The zero-order valence-electron chi connectivity index (χ0n) is 15.6. The van der Waals surface area contributed by atoms with E-state index in [1.807, 2.05) is 0 Å². The fraction of sp³-hybridized carbons (Fsp3) is 0.158. The zero-order valence-corrected chi connectivity index (χ0v) is 17.3. The second-order valence-corrected chi connectivity index (χ2v) is 9.43.